The molecule has 1 atom stereocenters. The van der Waals surface area contributed by atoms with Crippen LogP contribution in [0.2, 0.25) is 5.02 Å². The molecule has 0 saturated heterocycles. The molecule has 0 bridgehead atoms. The van der Waals surface area contributed by atoms with Crippen molar-refractivity contribution in [3.63, 3.8) is 0 Å². The topological polar surface area (TPSA) is 55.4 Å². The molecule has 1 N–H and O–H groups in total. The third-order valence-electron chi connectivity index (χ3n) is 3.65. The minimum atomic E-state index is -0.568. The first-order chi connectivity index (χ1) is 12.0. The normalized spacial score (nSPS) is 12.4. The van der Waals surface area contributed by atoms with E-state index in [0.717, 1.165) is 5.56 Å². The molecule has 4 nitrogen and oxygen atoms in total. The molecule has 0 aliphatic heterocycles. The van der Waals surface area contributed by atoms with Crippen LogP contribution in [0.1, 0.15) is 22.8 Å². The number of hydrogen-bond donors (Lipinski definition) is 1. The Balaban J connectivity index is 2.09. The third-order valence-corrected chi connectivity index (χ3v) is 3.90. The van der Waals surface area contributed by atoms with Gasteiger partial charge in [0.05, 0.1) is 7.11 Å². The lowest BCUT2D eigenvalue weighted by molar-refractivity contribution is -0.142. The zero-order valence-electron chi connectivity index (χ0n) is 14.2. The molecule has 25 heavy (non-hydrogen) atoms. The fourth-order valence-corrected chi connectivity index (χ4v) is 2.52. The maximum absolute atomic E-state index is 12.3. The predicted octanol–water partition coefficient (Wildman–Crippen LogP) is 3.80. The molecule has 0 fully saturated rings. The quantitative estimate of drug-likeness (QED) is 0.465. The maximum atomic E-state index is 12.3. The summed E-state index contributed by atoms with van der Waals surface area (Å²) in [5, 5.41) is 3.64. The highest BCUT2D eigenvalue weighted by Crippen LogP contribution is 2.11. The average molecular weight is 358 g/mol. The molecule has 5 heteroatoms. The first kappa shape index (κ1) is 18.7. The van der Waals surface area contributed by atoms with Crippen molar-refractivity contribution in [1.82, 2.24) is 5.32 Å². The summed E-state index contributed by atoms with van der Waals surface area (Å²) in [6.45, 7) is 1.74. The molecule has 130 valence electrons. The Kier molecular flexibility index (Phi) is 6.78. The number of ketones is 1. The Labute approximate surface area is 152 Å². The van der Waals surface area contributed by atoms with E-state index in [9.17, 15) is 9.59 Å². The molecule has 2 rings (SSSR count). The van der Waals surface area contributed by atoms with Crippen LogP contribution in [0.5, 0.6) is 0 Å². The van der Waals surface area contributed by atoms with E-state index in [2.05, 4.69) is 5.32 Å². The molecule has 0 radical (unpaired) electrons. The van der Waals surface area contributed by atoms with Crippen LogP contribution >= 0.6 is 11.6 Å². The Hall–Kier alpha value is -2.59. The molecule has 2 aromatic rings. The summed E-state index contributed by atoms with van der Waals surface area (Å²) in [6.07, 6.45) is 1.93. The van der Waals surface area contributed by atoms with Crippen molar-refractivity contribution in [3.05, 3.63) is 82.5 Å². The number of hydrogen-bond acceptors (Lipinski definition) is 4. The molecule has 0 heterocycles. The number of benzene rings is 2. The predicted molar refractivity (Wildman–Crippen MR) is 98.6 cm³/mol. The monoisotopic (exact) mass is 357 g/mol. The fourth-order valence-electron chi connectivity index (χ4n) is 2.40. The third kappa shape index (κ3) is 5.76. The minimum Gasteiger partial charge on any atom is -0.467 e. The van der Waals surface area contributed by atoms with Gasteiger partial charge in [0.15, 0.2) is 5.78 Å². The van der Waals surface area contributed by atoms with Crippen LogP contribution in [0.3, 0.4) is 0 Å². The average Bonchev–Trinajstić information content (AvgIpc) is 2.61. The van der Waals surface area contributed by atoms with Crippen molar-refractivity contribution < 1.29 is 14.3 Å². The molecule has 0 amide bonds. The van der Waals surface area contributed by atoms with Crippen LogP contribution in [-0.2, 0) is 16.0 Å². The Bertz CT molecular complexity index is 754. The molecule has 0 spiro atoms. The Morgan fingerprint density at radius 1 is 1.12 bits per heavy atom. The molecule has 2 aromatic carbocycles. The molecular weight excluding hydrogens is 338 g/mol. The molecule has 0 aliphatic carbocycles. The van der Waals surface area contributed by atoms with Crippen molar-refractivity contribution >= 4 is 23.4 Å². The van der Waals surface area contributed by atoms with Crippen LogP contribution in [0.15, 0.2) is 66.4 Å². The lowest BCUT2D eigenvalue weighted by Gasteiger charge is -2.18. The number of ether oxygens (including phenoxy) is 1. The van der Waals surface area contributed by atoms with E-state index in [0.29, 0.717) is 22.7 Å². The SMILES string of the molecule is COC(=O)C(Cc1ccccc1)N/C(C)=C/C(=O)c1ccc(Cl)cc1. The van der Waals surface area contributed by atoms with Gasteiger partial charge in [0.25, 0.3) is 0 Å². The van der Waals surface area contributed by atoms with Crippen molar-refractivity contribution in [1.29, 1.82) is 0 Å². The van der Waals surface area contributed by atoms with Crippen LogP contribution in [0.4, 0.5) is 0 Å². The van der Waals surface area contributed by atoms with Gasteiger partial charge in [-0.1, -0.05) is 41.9 Å². The summed E-state index contributed by atoms with van der Waals surface area (Å²) < 4.78 is 4.86. The van der Waals surface area contributed by atoms with Gasteiger partial charge >= 0.3 is 5.97 Å². The highest BCUT2D eigenvalue weighted by molar-refractivity contribution is 6.30. The highest BCUT2D eigenvalue weighted by Gasteiger charge is 2.19. The first-order valence-corrected chi connectivity index (χ1v) is 8.24. The smallest absolute Gasteiger partial charge is 0.328 e. The fraction of sp³-hybridized carbons (Fsp3) is 0.200. The van der Waals surface area contributed by atoms with Crippen molar-refractivity contribution in [2.45, 2.75) is 19.4 Å². The largest absolute Gasteiger partial charge is 0.467 e. The number of carbonyl (C=O) groups excluding carboxylic acids is 2. The van der Waals surface area contributed by atoms with Gasteiger partial charge in [0.1, 0.15) is 6.04 Å². The van der Waals surface area contributed by atoms with Crippen LogP contribution in [0.25, 0.3) is 0 Å². The van der Waals surface area contributed by atoms with Crippen LogP contribution in [-0.4, -0.2) is 24.9 Å². The van der Waals surface area contributed by atoms with Gasteiger partial charge in [0, 0.05) is 28.8 Å². The number of allylic oxidation sites excluding steroid dienone is 2. The Morgan fingerprint density at radius 3 is 2.36 bits per heavy atom. The van der Waals surface area contributed by atoms with Gasteiger partial charge in [-0.05, 0) is 36.8 Å². The second-order valence-electron chi connectivity index (χ2n) is 5.61. The first-order valence-electron chi connectivity index (χ1n) is 7.86. The summed E-state index contributed by atoms with van der Waals surface area (Å²) in [5.74, 6) is -0.541. The van der Waals surface area contributed by atoms with Crippen molar-refractivity contribution in [2.75, 3.05) is 7.11 Å². The van der Waals surface area contributed by atoms with E-state index in [1.54, 1.807) is 31.2 Å². The van der Waals surface area contributed by atoms with Gasteiger partial charge in [0.2, 0.25) is 0 Å². The summed E-state index contributed by atoms with van der Waals surface area (Å²) >= 11 is 5.83. The van der Waals surface area contributed by atoms with Crippen molar-refractivity contribution in [2.24, 2.45) is 0 Å². The zero-order chi connectivity index (χ0) is 18.2. The Morgan fingerprint density at radius 2 is 1.76 bits per heavy atom. The molecule has 0 aromatic heterocycles. The number of rotatable bonds is 7. The van der Waals surface area contributed by atoms with E-state index in [-0.39, 0.29) is 11.8 Å². The number of nitrogens with one attached hydrogen (secondary N) is 1. The molecular formula is C20H20ClNO3. The summed E-state index contributed by atoms with van der Waals surface area (Å²) in [4.78, 5) is 24.3. The van der Waals surface area contributed by atoms with Crippen LogP contribution in [0, 0.1) is 0 Å². The number of esters is 1. The van der Waals surface area contributed by atoms with E-state index in [4.69, 9.17) is 16.3 Å². The maximum Gasteiger partial charge on any atom is 0.328 e. The summed E-state index contributed by atoms with van der Waals surface area (Å²) in [6, 6.07) is 15.7. The minimum absolute atomic E-state index is 0.162. The molecule has 1 unspecified atom stereocenters. The number of methoxy groups -OCH3 is 1. The lowest BCUT2D eigenvalue weighted by atomic mass is 10.1. The summed E-state index contributed by atoms with van der Waals surface area (Å²) in [7, 11) is 1.35. The van der Waals surface area contributed by atoms with Crippen LogP contribution < -0.4 is 5.32 Å². The number of carbonyl (C=O) groups is 2. The van der Waals surface area contributed by atoms with Gasteiger partial charge in [-0.15, -0.1) is 0 Å². The van der Waals surface area contributed by atoms with E-state index in [1.165, 1.54) is 13.2 Å². The van der Waals surface area contributed by atoms with E-state index < -0.39 is 6.04 Å². The second kappa shape index (κ2) is 9.04. The van der Waals surface area contributed by atoms with Gasteiger partial charge in [-0.2, -0.15) is 0 Å². The molecule has 0 saturated carbocycles. The van der Waals surface area contributed by atoms with Gasteiger partial charge in [-0.25, -0.2) is 4.79 Å². The summed E-state index contributed by atoms with van der Waals surface area (Å²) in [5.41, 5.74) is 2.12. The van der Waals surface area contributed by atoms with E-state index in [1.807, 2.05) is 30.3 Å². The molecule has 0 aliphatic rings. The van der Waals surface area contributed by atoms with Gasteiger partial charge < -0.3 is 10.1 Å². The second-order valence-corrected chi connectivity index (χ2v) is 6.04. The van der Waals surface area contributed by atoms with E-state index >= 15 is 0 Å². The van der Waals surface area contributed by atoms with Crippen molar-refractivity contribution in [3.8, 4) is 0 Å². The highest BCUT2D eigenvalue weighted by atomic mass is 35.5. The van der Waals surface area contributed by atoms with Gasteiger partial charge in [-0.3, -0.25) is 4.79 Å². The standard InChI is InChI=1S/C20H20ClNO3/c1-14(12-19(23)16-8-10-17(21)11-9-16)22-18(20(24)25-2)13-15-6-4-3-5-7-15/h3-12,18,22H,13H2,1-2H3/b14-12+. The number of halogens is 1. The lowest BCUT2D eigenvalue weighted by Crippen LogP contribution is -2.38. The zero-order valence-corrected chi connectivity index (χ0v) is 14.9.